The first-order valence-corrected chi connectivity index (χ1v) is 10.6. The standard InChI is InChI=1S/C23H29FN6.HI/c1-3-25-23(27-12-9-17-14-28-20-8-4-6-16(2)21(17)20)29-18-10-13-30(15-18)22-19(24)7-5-11-26-22;/h4-8,11,14,18,28H,3,9-10,12-13,15H2,1-2H3,(H2,25,27,29);1H. The van der Waals surface area contributed by atoms with Crippen LogP contribution in [0, 0.1) is 12.7 Å². The van der Waals surface area contributed by atoms with Gasteiger partial charge in [-0.1, -0.05) is 12.1 Å². The van der Waals surface area contributed by atoms with E-state index in [1.54, 1.807) is 12.3 Å². The van der Waals surface area contributed by atoms with E-state index in [0.717, 1.165) is 31.9 Å². The van der Waals surface area contributed by atoms with Gasteiger partial charge < -0.3 is 20.5 Å². The molecular formula is C23H30FIN6. The molecule has 8 heteroatoms. The van der Waals surface area contributed by atoms with Crippen molar-refractivity contribution in [3.8, 4) is 0 Å². The van der Waals surface area contributed by atoms with Crippen molar-refractivity contribution in [2.24, 2.45) is 4.99 Å². The first-order valence-electron chi connectivity index (χ1n) is 10.6. The molecule has 0 aliphatic carbocycles. The third-order valence-electron chi connectivity index (χ3n) is 5.56. The molecule has 1 unspecified atom stereocenters. The summed E-state index contributed by atoms with van der Waals surface area (Å²) in [6.45, 7) is 7.18. The number of aromatic nitrogens is 2. The van der Waals surface area contributed by atoms with Crippen LogP contribution in [0.3, 0.4) is 0 Å². The first-order chi connectivity index (χ1) is 14.7. The minimum Gasteiger partial charge on any atom is -0.361 e. The minimum absolute atomic E-state index is 0. The molecule has 3 aromatic rings. The third-order valence-corrected chi connectivity index (χ3v) is 5.56. The maximum Gasteiger partial charge on any atom is 0.191 e. The number of hydrogen-bond donors (Lipinski definition) is 3. The van der Waals surface area contributed by atoms with Gasteiger partial charge in [0.15, 0.2) is 17.6 Å². The van der Waals surface area contributed by atoms with Gasteiger partial charge in [-0.15, -0.1) is 24.0 Å². The Morgan fingerprint density at radius 1 is 1.32 bits per heavy atom. The maximum absolute atomic E-state index is 14.0. The van der Waals surface area contributed by atoms with Gasteiger partial charge in [-0.2, -0.15) is 0 Å². The number of aliphatic imine (C=N–C) groups is 1. The normalized spacial score (nSPS) is 16.4. The summed E-state index contributed by atoms with van der Waals surface area (Å²) in [6.07, 6.45) is 5.51. The highest BCUT2D eigenvalue weighted by molar-refractivity contribution is 14.0. The second-order valence-corrected chi connectivity index (χ2v) is 7.71. The van der Waals surface area contributed by atoms with Gasteiger partial charge in [-0.05, 0) is 56.0 Å². The zero-order chi connectivity index (χ0) is 20.9. The molecule has 1 saturated heterocycles. The number of nitrogens with zero attached hydrogens (tertiary/aromatic N) is 3. The smallest absolute Gasteiger partial charge is 0.191 e. The Bertz CT molecular complexity index is 1030. The summed E-state index contributed by atoms with van der Waals surface area (Å²) in [7, 11) is 0. The van der Waals surface area contributed by atoms with E-state index in [4.69, 9.17) is 4.99 Å². The number of guanidine groups is 1. The van der Waals surface area contributed by atoms with Crippen molar-refractivity contribution < 1.29 is 4.39 Å². The summed E-state index contributed by atoms with van der Waals surface area (Å²) in [5, 5.41) is 8.13. The van der Waals surface area contributed by atoms with Crippen LogP contribution in [0.5, 0.6) is 0 Å². The van der Waals surface area contributed by atoms with Crippen molar-refractivity contribution in [2.45, 2.75) is 32.7 Å². The molecule has 1 atom stereocenters. The molecule has 1 aliphatic heterocycles. The summed E-state index contributed by atoms with van der Waals surface area (Å²) in [5.74, 6) is 0.966. The van der Waals surface area contributed by atoms with Crippen molar-refractivity contribution in [3.63, 3.8) is 0 Å². The second kappa shape index (κ2) is 10.8. The molecule has 3 heterocycles. The average Bonchev–Trinajstić information content (AvgIpc) is 3.36. The molecule has 166 valence electrons. The van der Waals surface area contributed by atoms with E-state index in [0.29, 0.717) is 18.9 Å². The van der Waals surface area contributed by atoms with Gasteiger partial charge in [0.1, 0.15) is 0 Å². The number of benzene rings is 1. The van der Waals surface area contributed by atoms with E-state index in [1.807, 2.05) is 4.90 Å². The van der Waals surface area contributed by atoms with Crippen LogP contribution < -0.4 is 15.5 Å². The Hall–Kier alpha value is -2.36. The number of rotatable bonds is 6. The molecule has 2 aromatic heterocycles. The molecule has 1 fully saturated rings. The van der Waals surface area contributed by atoms with E-state index in [9.17, 15) is 4.39 Å². The molecule has 4 rings (SSSR count). The molecule has 0 amide bonds. The molecule has 31 heavy (non-hydrogen) atoms. The zero-order valence-corrected chi connectivity index (χ0v) is 20.3. The van der Waals surface area contributed by atoms with Crippen molar-refractivity contribution in [1.82, 2.24) is 20.6 Å². The highest BCUT2D eigenvalue weighted by Crippen LogP contribution is 2.23. The summed E-state index contributed by atoms with van der Waals surface area (Å²) < 4.78 is 14.0. The molecule has 1 aliphatic rings. The molecule has 1 aromatic carbocycles. The Morgan fingerprint density at radius 2 is 2.19 bits per heavy atom. The van der Waals surface area contributed by atoms with Crippen molar-refractivity contribution in [1.29, 1.82) is 0 Å². The van der Waals surface area contributed by atoms with E-state index in [-0.39, 0.29) is 35.8 Å². The number of anilines is 1. The molecule has 0 radical (unpaired) electrons. The predicted molar refractivity (Wildman–Crippen MR) is 136 cm³/mol. The molecular weight excluding hydrogens is 506 g/mol. The van der Waals surface area contributed by atoms with Gasteiger partial charge in [0.25, 0.3) is 0 Å². The lowest BCUT2D eigenvalue weighted by Crippen LogP contribution is -2.44. The van der Waals surface area contributed by atoms with Gasteiger partial charge in [0.2, 0.25) is 0 Å². The lowest BCUT2D eigenvalue weighted by Gasteiger charge is -2.20. The summed E-state index contributed by atoms with van der Waals surface area (Å²) >= 11 is 0. The number of fused-ring (bicyclic) bond motifs is 1. The van der Waals surface area contributed by atoms with Crippen molar-refractivity contribution >= 4 is 46.7 Å². The van der Waals surface area contributed by atoms with Crippen LogP contribution in [0.1, 0.15) is 24.5 Å². The summed E-state index contributed by atoms with van der Waals surface area (Å²) in [6, 6.07) is 9.61. The number of hydrogen-bond acceptors (Lipinski definition) is 3. The fourth-order valence-corrected chi connectivity index (χ4v) is 4.13. The summed E-state index contributed by atoms with van der Waals surface area (Å²) in [5.41, 5.74) is 3.75. The third kappa shape index (κ3) is 5.47. The SMILES string of the molecule is CCNC(=NCCc1c[nH]c2cccc(C)c12)NC1CCN(c2ncccc2F)C1.I. The molecule has 0 spiro atoms. The zero-order valence-electron chi connectivity index (χ0n) is 18.0. The number of H-pyrrole nitrogens is 1. The number of pyridine rings is 1. The topological polar surface area (TPSA) is 68.3 Å². The Balaban J connectivity index is 0.00000272. The average molecular weight is 536 g/mol. The quantitative estimate of drug-likeness (QED) is 0.253. The largest absolute Gasteiger partial charge is 0.361 e. The van der Waals surface area contributed by atoms with Gasteiger partial charge in [-0.3, -0.25) is 4.99 Å². The molecule has 3 N–H and O–H groups in total. The van der Waals surface area contributed by atoms with Crippen LogP contribution in [-0.2, 0) is 6.42 Å². The van der Waals surface area contributed by atoms with Crippen LogP contribution in [0.15, 0.2) is 47.7 Å². The van der Waals surface area contributed by atoms with Crippen molar-refractivity contribution in [2.75, 3.05) is 31.1 Å². The van der Waals surface area contributed by atoms with E-state index in [1.165, 1.54) is 28.1 Å². The second-order valence-electron chi connectivity index (χ2n) is 7.71. The fraction of sp³-hybridized carbons (Fsp3) is 0.391. The first kappa shape index (κ1) is 23.3. The van der Waals surface area contributed by atoms with E-state index < -0.39 is 0 Å². The van der Waals surface area contributed by atoms with Gasteiger partial charge in [-0.25, -0.2) is 9.37 Å². The minimum atomic E-state index is -0.271. The summed E-state index contributed by atoms with van der Waals surface area (Å²) in [4.78, 5) is 14.3. The Kier molecular flexibility index (Phi) is 8.11. The highest BCUT2D eigenvalue weighted by atomic mass is 127. The van der Waals surface area contributed by atoms with E-state index in [2.05, 4.69) is 58.8 Å². The lowest BCUT2D eigenvalue weighted by molar-refractivity contribution is 0.612. The fourth-order valence-electron chi connectivity index (χ4n) is 4.13. The van der Waals surface area contributed by atoms with Gasteiger partial charge in [0.05, 0.1) is 0 Å². The monoisotopic (exact) mass is 536 g/mol. The van der Waals surface area contributed by atoms with Crippen LogP contribution in [-0.4, -0.2) is 48.1 Å². The highest BCUT2D eigenvalue weighted by Gasteiger charge is 2.25. The lowest BCUT2D eigenvalue weighted by atomic mass is 10.1. The molecule has 6 nitrogen and oxygen atoms in total. The van der Waals surface area contributed by atoms with Gasteiger partial charge >= 0.3 is 0 Å². The predicted octanol–water partition coefficient (Wildman–Crippen LogP) is 4.00. The Morgan fingerprint density at radius 3 is 3.00 bits per heavy atom. The van der Waals surface area contributed by atoms with Crippen LogP contribution >= 0.6 is 24.0 Å². The number of nitrogens with one attached hydrogen (secondary N) is 3. The van der Waals surface area contributed by atoms with Crippen LogP contribution in [0.25, 0.3) is 10.9 Å². The van der Waals surface area contributed by atoms with Gasteiger partial charge in [0, 0.05) is 55.5 Å². The maximum atomic E-state index is 14.0. The number of aryl methyl sites for hydroxylation is 1. The van der Waals surface area contributed by atoms with Crippen molar-refractivity contribution in [3.05, 3.63) is 59.7 Å². The molecule has 0 bridgehead atoms. The number of halogens is 2. The molecule has 0 saturated carbocycles. The van der Waals surface area contributed by atoms with Crippen LogP contribution in [0.4, 0.5) is 10.2 Å². The Labute approximate surface area is 199 Å². The van der Waals surface area contributed by atoms with Crippen LogP contribution in [0.2, 0.25) is 0 Å². The number of aromatic amines is 1. The van der Waals surface area contributed by atoms with E-state index >= 15 is 0 Å².